The molecule has 0 aliphatic rings. The number of ether oxygens (including phenoxy) is 10. The minimum absolute atomic E-state index is 0.0198. The molecule has 0 radical (unpaired) electrons. The zero-order valence-electron chi connectivity index (χ0n) is 35.5. The number of nitrogens with one attached hydrogen (secondary N) is 1. The molecule has 0 unspecified atom stereocenters. The number of hydrogen-bond acceptors (Lipinski definition) is 12. The van der Waals surface area contributed by atoms with Crippen molar-refractivity contribution in [1.82, 2.24) is 5.32 Å². The average Bonchev–Trinajstić information content (AvgIpc) is 3.29. The number of halogens is 4. The lowest BCUT2D eigenvalue weighted by Gasteiger charge is -2.38. The van der Waals surface area contributed by atoms with Crippen LogP contribution in [-0.4, -0.2) is 125 Å². The van der Waals surface area contributed by atoms with Crippen LogP contribution < -0.4 is 14.8 Å². The number of carbonyl (C=O) groups excluding carboxylic acids is 1. The smallest absolute Gasteiger partial charge is 0.313 e. The topological polar surface area (TPSA) is 121 Å². The van der Waals surface area contributed by atoms with Gasteiger partial charge in [-0.1, -0.05) is 73.3 Å². The molecule has 0 amide bonds. The third-order valence-corrected chi connectivity index (χ3v) is 8.86. The number of carbonyl (C=O) groups is 1. The Morgan fingerprint density at radius 2 is 1.06 bits per heavy atom. The highest BCUT2D eigenvalue weighted by atomic mass is 19.2. The van der Waals surface area contributed by atoms with E-state index >= 15 is 0 Å². The summed E-state index contributed by atoms with van der Waals surface area (Å²) in [5.41, 5.74) is 2.58. The van der Waals surface area contributed by atoms with E-state index in [0.29, 0.717) is 92.4 Å². The van der Waals surface area contributed by atoms with Crippen molar-refractivity contribution in [3.05, 3.63) is 132 Å². The van der Waals surface area contributed by atoms with Gasteiger partial charge in [-0.25, -0.2) is 8.78 Å². The Balaban J connectivity index is 1.12. The minimum Gasteiger partial charge on any atom is -0.497 e. The lowest BCUT2D eigenvalue weighted by molar-refractivity contribution is -0.136. The van der Waals surface area contributed by atoms with Crippen molar-refractivity contribution in [3.8, 4) is 11.5 Å². The lowest BCUT2D eigenvalue weighted by Crippen LogP contribution is -2.46. The van der Waals surface area contributed by atoms with Crippen LogP contribution in [0.4, 0.5) is 17.6 Å². The molecule has 0 aliphatic carbocycles. The lowest BCUT2D eigenvalue weighted by atomic mass is 9.76. The third kappa shape index (κ3) is 18.5. The van der Waals surface area contributed by atoms with Crippen LogP contribution in [0.5, 0.6) is 11.5 Å². The highest BCUT2D eigenvalue weighted by Crippen LogP contribution is 2.38. The second-order valence-corrected chi connectivity index (χ2v) is 13.0. The fourth-order valence-electron chi connectivity index (χ4n) is 5.86. The van der Waals surface area contributed by atoms with Gasteiger partial charge >= 0.3 is 5.97 Å². The number of esters is 1. The van der Waals surface area contributed by atoms with Gasteiger partial charge in [0, 0.05) is 12.6 Å². The normalized spacial score (nSPS) is 12.8. The summed E-state index contributed by atoms with van der Waals surface area (Å²) in [6, 6.07) is 18.4. The minimum atomic E-state index is -1.79. The van der Waals surface area contributed by atoms with Gasteiger partial charge in [0.15, 0.2) is 11.6 Å². The van der Waals surface area contributed by atoms with Crippen molar-refractivity contribution in [1.29, 1.82) is 0 Å². The van der Waals surface area contributed by atoms with Crippen molar-refractivity contribution < 1.29 is 69.7 Å². The molecule has 12 nitrogen and oxygen atoms in total. The van der Waals surface area contributed by atoms with Crippen molar-refractivity contribution in [2.45, 2.75) is 18.9 Å². The van der Waals surface area contributed by atoms with Crippen LogP contribution >= 0.6 is 0 Å². The van der Waals surface area contributed by atoms with E-state index in [1.165, 1.54) is 0 Å². The first kappa shape index (κ1) is 51.9. The highest BCUT2D eigenvalue weighted by Gasteiger charge is 2.36. The van der Waals surface area contributed by atoms with Crippen LogP contribution in [0.1, 0.15) is 24.5 Å². The van der Waals surface area contributed by atoms with Gasteiger partial charge in [-0.2, -0.15) is 8.78 Å². The number of benzene rings is 3. The van der Waals surface area contributed by atoms with Gasteiger partial charge in [0.05, 0.1) is 125 Å². The second-order valence-electron chi connectivity index (χ2n) is 13.0. The first-order chi connectivity index (χ1) is 30.3. The van der Waals surface area contributed by atoms with Crippen LogP contribution in [0.25, 0.3) is 0 Å². The average molecular weight is 878 g/mol. The highest BCUT2D eigenvalue weighted by molar-refractivity contribution is 5.72. The van der Waals surface area contributed by atoms with Crippen LogP contribution in [0, 0.1) is 23.3 Å². The predicted molar refractivity (Wildman–Crippen MR) is 224 cm³/mol. The van der Waals surface area contributed by atoms with Crippen LogP contribution in [0.2, 0.25) is 0 Å². The Morgan fingerprint density at radius 3 is 1.50 bits per heavy atom. The summed E-state index contributed by atoms with van der Waals surface area (Å²) in [5.74, 6) is -8.71. The summed E-state index contributed by atoms with van der Waals surface area (Å²) in [4.78, 5) is 11.7. The van der Waals surface area contributed by atoms with Gasteiger partial charge < -0.3 is 47.4 Å². The van der Waals surface area contributed by atoms with Crippen molar-refractivity contribution in [3.63, 3.8) is 0 Å². The Bertz CT molecular complexity index is 1740. The predicted octanol–water partition coefficient (Wildman–Crippen LogP) is 6.90. The largest absolute Gasteiger partial charge is 0.497 e. The summed E-state index contributed by atoms with van der Waals surface area (Å²) in [6.07, 6.45) is 7.49. The van der Waals surface area contributed by atoms with E-state index in [1.54, 1.807) is 13.2 Å². The fraction of sp³-hybridized carbons (Fsp3) is 0.457. The van der Waals surface area contributed by atoms with Crippen LogP contribution in [0.15, 0.2) is 97.1 Å². The first-order valence-electron chi connectivity index (χ1n) is 20.3. The maximum atomic E-state index is 13.6. The zero-order valence-corrected chi connectivity index (χ0v) is 35.5. The molecule has 0 saturated heterocycles. The SMILES string of the molecule is C=C/C=C\C(=C/C)[C@](NCCOCCOCCOCCOCCOCCOCCOCCOCCC(=O)Oc1c(F)c(F)cc(F)c1F)(c1ccccc1)c1ccc(OC)cc1. The van der Waals surface area contributed by atoms with E-state index in [9.17, 15) is 22.4 Å². The van der Waals surface area contributed by atoms with Gasteiger partial charge in [-0.15, -0.1) is 0 Å². The van der Waals surface area contributed by atoms with E-state index in [1.807, 2.05) is 43.3 Å². The standard InChI is InChI=1S/C46H59F4NO11/c1-4-6-10-36(5-2)46(37-11-8-7-9-12-37,38-13-15-39(53-3)16-14-38)51-18-20-55-22-24-57-26-28-59-30-32-61-34-33-60-31-29-58-27-25-56-23-21-54-19-17-42(52)62-45-43(49)40(47)35-41(48)44(45)50/h4-16,35,51H,1,17-34H2,2-3H3/b10-6-,36-5+/t46-/m0/s1. The molecule has 0 spiro atoms. The molecule has 62 heavy (non-hydrogen) atoms. The van der Waals surface area contributed by atoms with E-state index in [4.69, 9.17) is 42.6 Å². The fourth-order valence-corrected chi connectivity index (χ4v) is 5.86. The van der Waals surface area contributed by atoms with Gasteiger partial charge in [0.25, 0.3) is 0 Å². The molecule has 16 heteroatoms. The summed E-state index contributed by atoms with van der Waals surface area (Å²) in [6.45, 7) is 12.0. The van der Waals surface area contributed by atoms with Crippen molar-refractivity contribution in [2.24, 2.45) is 0 Å². The summed E-state index contributed by atoms with van der Waals surface area (Å²) in [5, 5.41) is 3.79. The van der Waals surface area contributed by atoms with Gasteiger partial charge in [0.1, 0.15) is 5.75 Å². The third-order valence-electron chi connectivity index (χ3n) is 8.86. The molecule has 0 aliphatic heterocycles. The van der Waals surface area contributed by atoms with E-state index in [0.717, 1.165) is 22.4 Å². The van der Waals surface area contributed by atoms with Crippen molar-refractivity contribution in [2.75, 3.05) is 119 Å². The van der Waals surface area contributed by atoms with E-state index < -0.39 is 46.9 Å². The molecule has 3 aromatic carbocycles. The van der Waals surface area contributed by atoms with Gasteiger partial charge in [0.2, 0.25) is 17.4 Å². The molecule has 3 aromatic rings. The number of hydrogen-bond donors (Lipinski definition) is 1. The van der Waals surface area contributed by atoms with Gasteiger partial charge in [-0.05, 0) is 35.8 Å². The Labute approximate surface area is 361 Å². The molecule has 342 valence electrons. The molecule has 1 N–H and O–H groups in total. The molecular formula is C46H59F4NO11. The number of allylic oxidation sites excluding steroid dienone is 3. The molecule has 0 bridgehead atoms. The quantitative estimate of drug-likeness (QED) is 0.0165. The van der Waals surface area contributed by atoms with Gasteiger partial charge in [-0.3, -0.25) is 10.1 Å². The summed E-state index contributed by atoms with van der Waals surface area (Å²) in [7, 11) is 1.66. The molecule has 0 aromatic heterocycles. The second kappa shape index (κ2) is 31.4. The molecular weight excluding hydrogens is 818 g/mol. The molecule has 1 atom stereocenters. The Hall–Kier alpha value is -4.49. The van der Waals surface area contributed by atoms with Crippen molar-refractivity contribution >= 4 is 5.97 Å². The number of methoxy groups -OCH3 is 1. The molecule has 0 fully saturated rings. The van der Waals surface area contributed by atoms with E-state index in [-0.39, 0.29) is 25.9 Å². The van der Waals surface area contributed by atoms with E-state index in [2.05, 4.69) is 53.1 Å². The van der Waals surface area contributed by atoms with Crippen LogP contribution in [-0.2, 0) is 48.2 Å². The Morgan fingerprint density at radius 1 is 0.629 bits per heavy atom. The maximum absolute atomic E-state index is 13.6. The molecule has 0 heterocycles. The number of rotatable bonds is 35. The molecule has 0 saturated carbocycles. The summed E-state index contributed by atoms with van der Waals surface area (Å²) < 4.78 is 107. The monoisotopic (exact) mass is 877 g/mol. The zero-order chi connectivity index (χ0) is 44.7. The van der Waals surface area contributed by atoms with Crippen LogP contribution in [0.3, 0.4) is 0 Å². The Kier molecular flexibility index (Phi) is 26.2. The maximum Gasteiger partial charge on any atom is 0.313 e. The molecule has 3 rings (SSSR count). The summed E-state index contributed by atoms with van der Waals surface area (Å²) >= 11 is 0. The first-order valence-corrected chi connectivity index (χ1v) is 20.3.